The molecule has 176 valence electrons. The number of pyridine rings is 1. The second-order valence-corrected chi connectivity index (χ2v) is 9.54. The maximum atomic E-state index is 13.4. The third kappa shape index (κ3) is 4.93. The van der Waals surface area contributed by atoms with Crippen LogP contribution < -0.4 is 9.47 Å². The van der Waals surface area contributed by atoms with Crippen LogP contribution in [0.25, 0.3) is 0 Å². The largest absolute Gasteiger partial charge is 0.497 e. The zero-order valence-electron chi connectivity index (χ0n) is 19.8. The normalized spacial score (nSPS) is 17.3. The summed E-state index contributed by atoms with van der Waals surface area (Å²) < 4.78 is 11.1. The van der Waals surface area contributed by atoms with Crippen LogP contribution in [0.1, 0.15) is 42.4 Å². The van der Waals surface area contributed by atoms with Crippen molar-refractivity contribution in [3.63, 3.8) is 0 Å². The fourth-order valence-corrected chi connectivity index (χ4v) is 5.01. The van der Waals surface area contributed by atoms with Gasteiger partial charge in [0.25, 0.3) is 0 Å². The molecule has 5 rings (SSSR count). The van der Waals surface area contributed by atoms with Crippen molar-refractivity contribution in [2.75, 3.05) is 20.2 Å². The van der Waals surface area contributed by atoms with E-state index in [2.05, 4.69) is 46.3 Å². The number of ether oxygens (including phenoxy) is 2. The first kappa shape index (κ1) is 22.5. The Labute approximate surface area is 201 Å². The highest BCUT2D eigenvalue weighted by Crippen LogP contribution is 2.50. The van der Waals surface area contributed by atoms with Gasteiger partial charge in [0.2, 0.25) is 5.91 Å². The average Bonchev–Trinajstić information content (AvgIpc) is 3.71. The number of nitrogens with zero attached hydrogens (tertiary/aromatic N) is 2. The number of hydrogen-bond acceptors (Lipinski definition) is 4. The molecular formula is C29H32N2O3. The predicted molar refractivity (Wildman–Crippen MR) is 132 cm³/mol. The van der Waals surface area contributed by atoms with Crippen molar-refractivity contribution in [1.29, 1.82) is 0 Å². The van der Waals surface area contributed by atoms with E-state index >= 15 is 0 Å². The van der Waals surface area contributed by atoms with Gasteiger partial charge in [-0.05, 0) is 79.0 Å². The number of rotatable bonds is 8. The smallest absolute Gasteiger partial charge is 0.233 e. The van der Waals surface area contributed by atoms with Crippen molar-refractivity contribution in [2.45, 2.75) is 44.1 Å². The number of likely N-dealkylation sites (tertiary alicyclic amines) is 1. The summed E-state index contributed by atoms with van der Waals surface area (Å²) >= 11 is 0. The molecule has 0 bridgehead atoms. The molecule has 3 aromatic rings. The van der Waals surface area contributed by atoms with Crippen LogP contribution in [0.15, 0.2) is 73.1 Å². The van der Waals surface area contributed by atoms with E-state index < -0.39 is 0 Å². The van der Waals surface area contributed by atoms with Gasteiger partial charge in [-0.1, -0.05) is 36.4 Å². The summed E-state index contributed by atoms with van der Waals surface area (Å²) in [5.74, 6) is 2.61. The van der Waals surface area contributed by atoms with Gasteiger partial charge < -0.3 is 14.4 Å². The van der Waals surface area contributed by atoms with Crippen LogP contribution in [-0.2, 0) is 23.2 Å². The fourth-order valence-electron chi connectivity index (χ4n) is 5.01. The topological polar surface area (TPSA) is 51.7 Å². The van der Waals surface area contributed by atoms with Gasteiger partial charge in [-0.25, -0.2) is 0 Å². The van der Waals surface area contributed by atoms with Gasteiger partial charge in [-0.2, -0.15) is 0 Å². The molecule has 1 aliphatic heterocycles. The van der Waals surface area contributed by atoms with E-state index in [0.717, 1.165) is 67.8 Å². The monoisotopic (exact) mass is 456 g/mol. The van der Waals surface area contributed by atoms with Gasteiger partial charge in [0.05, 0.1) is 12.5 Å². The molecule has 2 heterocycles. The summed E-state index contributed by atoms with van der Waals surface area (Å²) in [6.07, 6.45) is 8.58. The standard InChI is InChI=1S/C29H32N2O3/c1-33-26-8-6-25(7-9-26)29(14-15-29)28(32)31-18-12-23(13-19-31)20-22-2-4-24(5-3-22)21-34-27-10-16-30-17-11-27/h2-11,16-17,23H,12-15,18-21H2,1H3. The van der Waals surface area contributed by atoms with Gasteiger partial charge in [0.15, 0.2) is 0 Å². The molecule has 0 unspecified atom stereocenters. The number of benzene rings is 2. The minimum atomic E-state index is -0.298. The lowest BCUT2D eigenvalue weighted by Gasteiger charge is -2.34. The lowest BCUT2D eigenvalue weighted by molar-refractivity contribution is -0.135. The summed E-state index contributed by atoms with van der Waals surface area (Å²) in [5.41, 5.74) is 3.35. The first-order chi connectivity index (χ1) is 16.7. The SMILES string of the molecule is COc1ccc(C2(C(=O)N3CCC(Cc4ccc(COc5ccncc5)cc4)CC3)CC2)cc1. The van der Waals surface area contributed by atoms with Gasteiger partial charge >= 0.3 is 0 Å². The molecule has 2 aromatic carbocycles. The highest BCUT2D eigenvalue weighted by Gasteiger charge is 2.53. The maximum Gasteiger partial charge on any atom is 0.233 e. The number of hydrogen-bond donors (Lipinski definition) is 0. The van der Waals surface area contributed by atoms with E-state index in [1.807, 2.05) is 24.3 Å². The number of methoxy groups -OCH3 is 1. The minimum Gasteiger partial charge on any atom is -0.497 e. The van der Waals surface area contributed by atoms with Crippen LogP contribution >= 0.6 is 0 Å². The zero-order valence-corrected chi connectivity index (χ0v) is 19.8. The fraction of sp³-hybridized carbons (Fsp3) is 0.379. The Kier molecular flexibility index (Phi) is 6.52. The van der Waals surface area contributed by atoms with E-state index in [1.54, 1.807) is 19.5 Å². The second-order valence-electron chi connectivity index (χ2n) is 9.54. The molecule has 1 saturated heterocycles. The highest BCUT2D eigenvalue weighted by molar-refractivity contribution is 5.91. The van der Waals surface area contributed by atoms with Crippen LogP contribution in [0.4, 0.5) is 0 Å². The molecule has 5 heteroatoms. The molecule has 1 amide bonds. The van der Waals surface area contributed by atoms with Crippen LogP contribution in [0.2, 0.25) is 0 Å². The molecule has 0 N–H and O–H groups in total. The molecule has 2 aliphatic rings. The minimum absolute atomic E-state index is 0.298. The Hall–Kier alpha value is -3.34. The van der Waals surface area contributed by atoms with Crippen LogP contribution in [0, 0.1) is 5.92 Å². The summed E-state index contributed by atoms with van der Waals surface area (Å²) in [5, 5.41) is 0. The average molecular weight is 457 g/mol. The summed E-state index contributed by atoms with van der Waals surface area (Å²) in [4.78, 5) is 19.5. The van der Waals surface area contributed by atoms with E-state index in [0.29, 0.717) is 18.4 Å². The molecule has 34 heavy (non-hydrogen) atoms. The molecule has 1 aliphatic carbocycles. The molecule has 1 aromatic heterocycles. The Balaban J connectivity index is 1.11. The Morgan fingerprint density at radius 3 is 2.18 bits per heavy atom. The molecule has 0 radical (unpaired) electrons. The van der Waals surface area contributed by atoms with Crippen molar-refractivity contribution in [2.24, 2.45) is 5.92 Å². The quantitative estimate of drug-likeness (QED) is 0.469. The third-order valence-electron chi connectivity index (χ3n) is 7.31. The van der Waals surface area contributed by atoms with Crippen molar-refractivity contribution < 1.29 is 14.3 Å². The Bertz CT molecular complexity index is 1080. The lowest BCUT2D eigenvalue weighted by Crippen LogP contribution is -2.44. The number of carbonyl (C=O) groups is 1. The van der Waals surface area contributed by atoms with E-state index in [4.69, 9.17) is 9.47 Å². The highest BCUT2D eigenvalue weighted by atomic mass is 16.5. The van der Waals surface area contributed by atoms with Crippen molar-refractivity contribution >= 4 is 5.91 Å². The molecule has 0 spiro atoms. The summed E-state index contributed by atoms with van der Waals surface area (Å²) in [6.45, 7) is 2.28. The van der Waals surface area contributed by atoms with Gasteiger partial charge in [-0.15, -0.1) is 0 Å². The van der Waals surface area contributed by atoms with Crippen molar-refractivity contribution in [1.82, 2.24) is 9.88 Å². The number of amides is 1. The molecule has 1 saturated carbocycles. The molecule has 2 fully saturated rings. The number of carbonyl (C=O) groups excluding carboxylic acids is 1. The lowest BCUT2D eigenvalue weighted by atomic mass is 9.88. The van der Waals surface area contributed by atoms with Crippen LogP contribution in [0.3, 0.4) is 0 Å². The van der Waals surface area contributed by atoms with Gasteiger partial charge in [0.1, 0.15) is 18.1 Å². The third-order valence-corrected chi connectivity index (χ3v) is 7.31. The first-order valence-electron chi connectivity index (χ1n) is 12.2. The van der Waals surface area contributed by atoms with Gasteiger partial charge in [-0.3, -0.25) is 9.78 Å². The summed E-state index contributed by atoms with van der Waals surface area (Å²) in [6, 6.07) is 20.5. The number of aromatic nitrogens is 1. The number of piperidine rings is 1. The maximum absolute atomic E-state index is 13.4. The Morgan fingerprint density at radius 1 is 0.912 bits per heavy atom. The van der Waals surface area contributed by atoms with Crippen LogP contribution in [0.5, 0.6) is 11.5 Å². The van der Waals surface area contributed by atoms with Gasteiger partial charge in [0, 0.05) is 25.5 Å². The van der Waals surface area contributed by atoms with E-state index in [-0.39, 0.29) is 5.41 Å². The Morgan fingerprint density at radius 2 is 1.56 bits per heavy atom. The van der Waals surface area contributed by atoms with E-state index in [9.17, 15) is 4.79 Å². The summed E-state index contributed by atoms with van der Waals surface area (Å²) in [7, 11) is 1.67. The van der Waals surface area contributed by atoms with Crippen molar-refractivity contribution in [3.8, 4) is 11.5 Å². The molecule has 0 atom stereocenters. The van der Waals surface area contributed by atoms with Crippen molar-refractivity contribution in [3.05, 3.63) is 89.7 Å². The zero-order chi connectivity index (χ0) is 23.4. The molecular weight excluding hydrogens is 424 g/mol. The van der Waals surface area contributed by atoms with Crippen LogP contribution in [-0.4, -0.2) is 36.0 Å². The first-order valence-corrected chi connectivity index (χ1v) is 12.2. The second kappa shape index (κ2) is 9.88. The molecule has 5 nitrogen and oxygen atoms in total. The predicted octanol–water partition coefficient (Wildman–Crippen LogP) is 5.18. The van der Waals surface area contributed by atoms with E-state index in [1.165, 1.54) is 5.56 Å².